The first-order valence-corrected chi connectivity index (χ1v) is 9.28. The summed E-state index contributed by atoms with van der Waals surface area (Å²) in [6, 6.07) is 7.98. The number of aliphatic hydroxyl groups is 1. The third kappa shape index (κ3) is 4.61. The normalized spacial score (nSPS) is 12.8. The molecule has 0 amide bonds. The summed E-state index contributed by atoms with van der Waals surface area (Å²) in [6.07, 6.45) is 3.19. The van der Waals surface area contributed by atoms with Crippen LogP contribution in [0, 0.1) is 6.92 Å². The van der Waals surface area contributed by atoms with Crippen LogP contribution >= 0.6 is 11.6 Å². The summed E-state index contributed by atoms with van der Waals surface area (Å²) in [5.74, 6) is 0.0600. The number of quaternary nitrogens is 1. The predicted octanol–water partition coefficient (Wildman–Crippen LogP) is 2.33. The molecule has 2 rings (SSSR count). The van der Waals surface area contributed by atoms with Gasteiger partial charge in [-0.25, -0.2) is 0 Å². The van der Waals surface area contributed by atoms with E-state index in [-0.39, 0.29) is 18.4 Å². The van der Waals surface area contributed by atoms with E-state index in [2.05, 4.69) is 23.8 Å². The van der Waals surface area contributed by atoms with Crippen LogP contribution in [0.4, 0.5) is 0 Å². The van der Waals surface area contributed by atoms with E-state index in [0.717, 1.165) is 23.7 Å². The zero-order chi connectivity index (χ0) is 19.1. The molecule has 0 saturated heterocycles. The van der Waals surface area contributed by atoms with Crippen LogP contribution in [0.1, 0.15) is 42.3 Å². The van der Waals surface area contributed by atoms with Crippen molar-refractivity contribution in [3.63, 3.8) is 0 Å². The Morgan fingerprint density at radius 1 is 1.27 bits per heavy atom. The van der Waals surface area contributed by atoms with Gasteiger partial charge in [-0.05, 0) is 26.8 Å². The van der Waals surface area contributed by atoms with Crippen LogP contribution in [-0.2, 0) is 6.61 Å². The lowest BCUT2D eigenvalue weighted by molar-refractivity contribution is -0.926. The van der Waals surface area contributed by atoms with E-state index in [1.165, 1.54) is 4.90 Å². The minimum Gasteiger partial charge on any atom is -0.505 e. The zero-order valence-corrected chi connectivity index (χ0v) is 16.3. The Labute approximate surface area is 160 Å². The highest BCUT2D eigenvalue weighted by Gasteiger charge is 2.23. The molecule has 1 atom stereocenters. The van der Waals surface area contributed by atoms with Gasteiger partial charge in [0, 0.05) is 34.1 Å². The molecule has 0 spiro atoms. The number of aryl methyl sites for hydroxylation is 1. The first-order chi connectivity index (χ1) is 12.5. The minimum absolute atomic E-state index is 0.0600. The number of nitrogens with one attached hydrogen (secondary N) is 1. The monoisotopic (exact) mass is 376 g/mol. The maximum Gasteiger partial charge on any atom is 0.145 e. The van der Waals surface area contributed by atoms with Crippen molar-refractivity contribution in [3.8, 4) is 5.75 Å². The van der Waals surface area contributed by atoms with E-state index in [4.69, 9.17) is 11.6 Å². The highest BCUT2D eigenvalue weighted by Crippen LogP contribution is 2.23. The number of hydrogen-bond donors (Lipinski definition) is 3. The molecule has 0 aliphatic heterocycles. The van der Waals surface area contributed by atoms with E-state index in [1.807, 2.05) is 24.3 Å². The first kappa shape index (κ1) is 20.4. The van der Waals surface area contributed by atoms with Crippen molar-refractivity contribution in [2.45, 2.75) is 33.4 Å². The summed E-state index contributed by atoms with van der Waals surface area (Å²) in [4.78, 5) is 10.0. The van der Waals surface area contributed by atoms with E-state index in [1.54, 1.807) is 19.3 Å². The van der Waals surface area contributed by atoms with Crippen molar-refractivity contribution in [2.24, 2.45) is 4.99 Å². The number of pyridine rings is 1. The summed E-state index contributed by atoms with van der Waals surface area (Å²) in [5, 5.41) is 20.5. The Morgan fingerprint density at radius 3 is 2.58 bits per heavy atom. The first-order valence-electron chi connectivity index (χ1n) is 8.90. The van der Waals surface area contributed by atoms with Crippen molar-refractivity contribution in [3.05, 3.63) is 57.9 Å². The molecule has 0 aliphatic rings. The number of hydrogen-bond acceptors (Lipinski definition) is 4. The molecule has 140 valence electrons. The van der Waals surface area contributed by atoms with Gasteiger partial charge in [0.2, 0.25) is 0 Å². The lowest BCUT2D eigenvalue weighted by atomic mass is 10.0. The molecule has 0 aliphatic carbocycles. The zero-order valence-electron chi connectivity index (χ0n) is 15.5. The molecule has 5 nitrogen and oxygen atoms in total. The van der Waals surface area contributed by atoms with Crippen LogP contribution in [0.5, 0.6) is 5.75 Å². The second kappa shape index (κ2) is 9.67. The molecule has 2 aromatic rings. The molecule has 1 aromatic heterocycles. The number of likely N-dealkylation sites (N-methyl/N-ethyl adjacent to an activating group) is 1. The van der Waals surface area contributed by atoms with Crippen molar-refractivity contribution < 1.29 is 15.1 Å². The van der Waals surface area contributed by atoms with Crippen LogP contribution in [0.25, 0.3) is 0 Å². The van der Waals surface area contributed by atoms with Gasteiger partial charge in [-0.1, -0.05) is 29.8 Å². The quantitative estimate of drug-likeness (QED) is 0.619. The molecule has 0 unspecified atom stereocenters. The summed E-state index contributed by atoms with van der Waals surface area (Å²) >= 11 is 6.42. The number of aliphatic hydroxyl groups excluding tert-OH is 1. The van der Waals surface area contributed by atoms with Crippen molar-refractivity contribution in [1.29, 1.82) is 0 Å². The van der Waals surface area contributed by atoms with Gasteiger partial charge in [0.05, 0.1) is 31.9 Å². The topological polar surface area (TPSA) is 70.2 Å². The standard InChI is InChI=1S/C20H26ClN3O2/c1-4-24(5-2)19(16-8-6-7-9-18(16)21)12-22-11-17-15(13-25)10-23-14(3)20(17)26/h6-11,19,25-26H,4-5,12-13H2,1-3H3/p+1/t19-/m1/s1. The molecule has 0 fully saturated rings. The smallest absolute Gasteiger partial charge is 0.145 e. The van der Waals surface area contributed by atoms with Crippen LogP contribution in [-0.4, -0.2) is 41.0 Å². The van der Waals surface area contributed by atoms with Gasteiger partial charge in [-0.3, -0.25) is 9.98 Å². The summed E-state index contributed by atoms with van der Waals surface area (Å²) in [5.41, 5.74) is 2.66. The van der Waals surface area contributed by atoms with Crippen molar-refractivity contribution in [2.75, 3.05) is 19.6 Å². The van der Waals surface area contributed by atoms with E-state index >= 15 is 0 Å². The van der Waals surface area contributed by atoms with Gasteiger partial charge in [0.1, 0.15) is 11.8 Å². The molecule has 26 heavy (non-hydrogen) atoms. The third-order valence-electron chi connectivity index (χ3n) is 4.72. The molecule has 0 radical (unpaired) electrons. The fraction of sp³-hybridized carbons (Fsp3) is 0.400. The van der Waals surface area contributed by atoms with Crippen LogP contribution < -0.4 is 4.90 Å². The Morgan fingerprint density at radius 2 is 1.96 bits per heavy atom. The van der Waals surface area contributed by atoms with Crippen LogP contribution in [0.3, 0.4) is 0 Å². The molecule has 0 bridgehead atoms. The number of nitrogens with zero attached hydrogens (tertiary/aromatic N) is 2. The molecule has 3 N–H and O–H groups in total. The number of aliphatic imine (C=N–C) groups is 1. The van der Waals surface area contributed by atoms with E-state index in [9.17, 15) is 10.2 Å². The molecule has 0 saturated carbocycles. The molecular weight excluding hydrogens is 350 g/mol. The average Bonchev–Trinajstić information content (AvgIpc) is 2.65. The number of rotatable bonds is 8. The Kier molecular flexibility index (Phi) is 7.57. The second-order valence-corrected chi connectivity index (χ2v) is 6.63. The summed E-state index contributed by atoms with van der Waals surface area (Å²) in [7, 11) is 0. The van der Waals surface area contributed by atoms with Crippen LogP contribution in [0.2, 0.25) is 5.02 Å². The minimum atomic E-state index is -0.197. The van der Waals surface area contributed by atoms with Gasteiger partial charge in [-0.15, -0.1) is 0 Å². The SMILES string of the molecule is CC[NH+](CC)[C@H](CN=Cc1c(CO)cnc(C)c1O)c1ccccc1Cl. The lowest BCUT2D eigenvalue weighted by Crippen LogP contribution is -3.12. The number of benzene rings is 1. The van der Waals surface area contributed by atoms with Gasteiger partial charge >= 0.3 is 0 Å². The van der Waals surface area contributed by atoms with Gasteiger partial charge in [0.15, 0.2) is 0 Å². The molecule has 1 aromatic carbocycles. The van der Waals surface area contributed by atoms with Crippen molar-refractivity contribution >= 4 is 17.8 Å². The molecule has 1 heterocycles. The fourth-order valence-corrected chi connectivity index (χ4v) is 3.39. The maximum atomic E-state index is 10.2. The molecule has 6 heteroatoms. The molecular formula is C20H27ClN3O2+. The van der Waals surface area contributed by atoms with Gasteiger partial charge in [0.25, 0.3) is 0 Å². The van der Waals surface area contributed by atoms with E-state index < -0.39 is 0 Å². The van der Waals surface area contributed by atoms with Crippen molar-refractivity contribution in [1.82, 2.24) is 4.98 Å². The average molecular weight is 377 g/mol. The summed E-state index contributed by atoms with van der Waals surface area (Å²) < 4.78 is 0. The Bertz CT molecular complexity index is 761. The number of aromatic hydroxyl groups is 1. The van der Waals surface area contributed by atoms with Gasteiger partial charge < -0.3 is 15.1 Å². The highest BCUT2D eigenvalue weighted by atomic mass is 35.5. The fourth-order valence-electron chi connectivity index (χ4n) is 3.12. The Balaban J connectivity index is 2.32. The lowest BCUT2D eigenvalue weighted by Gasteiger charge is -2.26. The second-order valence-electron chi connectivity index (χ2n) is 6.22. The maximum absolute atomic E-state index is 10.2. The Hall–Kier alpha value is -1.95. The van der Waals surface area contributed by atoms with Gasteiger partial charge in [-0.2, -0.15) is 0 Å². The predicted molar refractivity (Wildman–Crippen MR) is 105 cm³/mol. The number of aromatic nitrogens is 1. The highest BCUT2D eigenvalue weighted by molar-refractivity contribution is 6.31. The largest absolute Gasteiger partial charge is 0.505 e. The van der Waals surface area contributed by atoms with E-state index in [0.29, 0.717) is 23.4 Å². The van der Waals surface area contributed by atoms with Crippen LogP contribution in [0.15, 0.2) is 35.5 Å². The number of halogens is 1. The summed E-state index contributed by atoms with van der Waals surface area (Å²) in [6.45, 7) is 8.28. The third-order valence-corrected chi connectivity index (χ3v) is 5.06.